The van der Waals surface area contributed by atoms with E-state index in [4.69, 9.17) is 0 Å². The summed E-state index contributed by atoms with van der Waals surface area (Å²) in [6.45, 7) is 3.96. The highest BCUT2D eigenvalue weighted by Crippen LogP contribution is 2.29. The van der Waals surface area contributed by atoms with Gasteiger partial charge in [0.2, 0.25) is 0 Å². The molecule has 6 rings (SSSR count). The Morgan fingerprint density at radius 1 is 0.545 bits per heavy atom. The van der Waals surface area contributed by atoms with Crippen molar-refractivity contribution in [1.82, 2.24) is 0 Å². The zero-order valence-corrected chi connectivity index (χ0v) is 27.3. The maximum Gasteiger partial charge on any atom is 0.129 e. The van der Waals surface area contributed by atoms with E-state index in [0.29, 0.717) is 5.78 Å². The molecule has 0 atom stereocenters. The molecular formula is C42H54O2. The summed E-state index contributed by atoms with van der Waals surface area (Å²) in [5, 5.41) is 5.60. The second kappa shape index (κ2) is 19.7. The van der Waals surface area contributed by atoms with Gasteiger partial charge in [-0.05, 0) is 70.0 Å². The first-order valence-electron chi connectivity index (χ1n) is 17.0. The Morgan fingerprint density at radius 2 is 0.932 bits per heavy atom. The summed E-state index contributed by atoms with van der Waals surface area (Å²) in [5.41, 5.74) is 5.63. The Kier molecular flexibility index (Phi) is 15.7. The molecule has 4 aromatic rings. The van der Waals surface area contributed by atoms with Crippen LogP contribution in [0.2, 0.25) is 0 Å². The van der Waals surface area contributed by atoms with Crippen LogP contribution >= 0.6 is 0 Å². The number of rotatable bonds is 13. The number of benzene rings is 4. The fourth-order valence-corrected chi connectivity index (χ4v) is 6.36. The third-order valence-electron chi connectivity index (χ3n) is 8.70. The molecule has 2 N–H and O–H groups in total. The van der Waals surface area contributed by atoms with Crippen LogP contribution in [0.1, 0.15) is 120 Å². The van der Waals surface area contributed by atoms with Crippen LogP contribution < -0.4 is 0 Å². The summed E-state index contributed by atoms with van der Waals surface area (Å²) in [7, 11) is 0. The highest BCUT2D eigenvalue weighted by Gasteiger charge is 2.07. The zero-order valence-electron chi connectivity index (χ0n) is 27.3. The first kappa shape index (κ1) is 35.0. The molecule has 0 heterocycles. The molecule has 0 saturated heterocycles. The molecule has 234 valence electrons. The third-order valence-corrected chi connectivity index (χ3v) is 8.70. The Labute approximate surface area is 266 Å². The van der Waals surface area contributed by atoms with Crippen LogP contribution in [0.4, 0.5) is 0 Å². The normalized spacial score (nSPS) is 12.1. The summed E-state index contributed by atoms with van der Waals surface area (Å²) in [6.07, 6.45) is 28.2. The summed E-state index contributed by atoms with van der Waals surface area (Å²) >= 11 is 0. The van der Waals surface area contributed by atoms with Crippen LogP contribution in [0, 0.1) is 0 Å². The quantitative estimate of drug-likeness (QED) is 0.143. The first-order valence-corrected chi connectivity index (χ1v) is 17.0. The van der Waals surface area contributed by atoms with Crippen LogP contribution in [0.3, 0.4) is 0 Å². The molecule has 2 nitrogen and oxygen atoms in total. The van der Waals surface area contributed by atoms with Crippen LogP contribution in [0.25, 0.3) is 33.7 Å². The molecule has 2 aliphatic carbocycles. The topological polar surface area (TPSA) is 48.6 Å². The van der Waals surface area contributed by atoms with Crippen LogP contribution in [0.5, 0.6) is 0 Å². The molecule has 0 amide bonds. The lowest BCUT2D eigenvalue weighted by molar-refractivity contribution is -0.117. The SMILES string of the molecule is C1=Cc2cccc3cccc(c23)C1.C1=Cc2cccc3cccc(c23)C1.CCCCCCCCCCCCCCC(C)=O.O. The molecule has 2 heteroatoms. The van der Waals surface area contributed by atoms with Gasteiger partial charge in [-0.1, -0.05) is 175 Å². The lowest BCUT2D eigenvalue weighted by atomic mass is 9.93. The second-order valence-corrected chi connectivity index (χ2v) is 12.3. The number of allylic oxidation sites excluding steroid dienone is 2. The smallest absolute Gasteiger partial charge is 0.129 e. The largest absolute Gasteiger partial charge is 0.412 e. The number of ketones is 1. The van der Waals surface area contributed by atoms with Gasteiger partial charge in [-0.15, -0.1) is 0 Å². The molecule has 0 radical (unpaired) electrons. The Balaban J connectivity index is 0.000000179. The van der Waals surface area contributed by atoms with Crippen molar-refractivity contribution in [3.05, 3.63) is 107 Å². The minimum Gasteiger partial charge on any atom is -0.412 e. The van der Waals surface area contributed by atoms with Gasteiger partial charge in [0.25, 0.3) is 0 Å². The van der Waals surface area contributed by atoms with Gasteiger partial charge in [-0.3, -0.25) is 0 Å². The van der Waals surface area contributed by atoms with Gasteiger partial charge in [-0.2, -0.15) is 0 Å². The predicted octanol–water partition coefficient (Wildman–Crippen LogP) is 11.7. The maximum atomic E-state index is 10.7. The number of hydrogen-bond donors (Lipinski definition) is 0. The molecule has 0 spiro atoms. The van der Waals surface area contributed by atoms with Gasteiger partial charge in [-0.25, -0.2) is 0 Å². The van der Waals surface area contributed by atoms with Gasteiger partial charge in [0, 0.05) is 6.42 Å². The summed E-state index contributed by atoms with van der Waals surface area (Å²) in [4.78, 5) is 10.7. The Hall–Kier alpha value is -3.49. The maximum absolute atomic E-state index is 10.7. The number of hydrogen-bond acceptors (Lipinski definition) is 1. The fraction of sp³-hybridized carbons (Fsp3) is 0.405. The predicted molar refractivity (Wildman–Crippen MR) is 193 cm³/mol. The third kappa shape index (κ3) is 10.9. The van der Waals surface area contributed by atoms with Crippen molar-refractivity contribution in [2.45, 2.75) is 110 Å². The van der Waals surface area contributed by atoms with E-state index in [1.54, 1.807) is 6.92 Å². The minimum atomic E-state index is 0. The molecule has 0 aromatic heterocycles. The Bertz CT molecular complexity index is 1390. The highest BCUT2D eigenvalue weighted by molar-refractivity contribution is 5.95. The molecule has 0 unspecified atom stereocenters. The van der Waals surface area contributed by atoms with Gasteiger partial charge in [0.1, 0.15) is 5.78 Å². The van der Waals surface area contributed by atoms with Gasteiger partial charge < -0.3 is 10.3 Å². The summed E-state index contributed by atoms with van der Waals surface area (Å²) in [5.74, 6) is 0.345. The molecule has 0 fully saturated rings. The summed E-state index contributed by atoms with van der Waals surface area (Å²) in [6, 6.07) is 26.1. The molecule has 0 bridgehead atoms. The molecule has 44 heavy (non-hydrogen) atoms. The van der Waals surface area contributed by atoms with Crippen molar-refractivity contribution in [2.24, 2.45) is 0 Å². The monoisotopic (exact) mass is 590 g/mol. The first-order chi connectivity index (χ1) is 21.2. The molecule has 2 aliphatic rings. The van der Waals surface area contributed by atoms with E-state index in [0.717, 1.165) is 25.7 Å². The Morgan fingerprint density at radius 3 is 1.34 bits per heavy atom. The molecular weight excluding hydrogens is 536 g/mol. The lowest BCUT2D eigenvalue weighted by Crippen LogP contribution is -1.91. The molecule has 0 aliphatic heterocycles. The fourth-order valence-electron chi connectivity index (χ4n) is 6.36. The van der Waals surface area contributed by atoms with E-state index in [1.165, 1.54) is 114 Å². The van der Waals surface area contributed by atoms with E-state index in [-0.39, 0.29) is 5.48 Å². The zero-order chi connectivity index (χ0) is 30.1. The summed E-state index contributed by atoms with van der Waals surface area (Å²) < 4.78 is 0. The molecule has 4 aromatic carbocycles. The van der Waals surface area contributed by atoms with Crippen molar-refractivity contribution >= 4 is 39.5 Å². The van der Waals surface area contributed by atoms with Crippen molar-refractivity contribution < 1.29 is 10.3 Å². The van der Waals surface area contributed by atoms with E-state index < -0.39 is 0 Å². The van der Waals surface area contributed by atoms with Crippen molar-refractivity contribution in [2.75, 3.05) is 0 Å². The van der Waals surface area contributed by atoms with Gasteiger partial charge in [0.05, 0.1) is 0 Å². The number of unbranched alkanes of at least 4 members (excludes halogenated alkanes) is 11. The van der Waals surface area contributed by atoms with E-state index in [2.05, 4.69) is 104 Å². The lowest BCUT2D eigenvalue weighted by Gasteiger charge is -2.11. The van der Waals surface area contributed by atoms with Crippen LogP contribution in [-0.2, 0) is 17.6 Å². The number of carbonyl (C=O) groups is 1. The van der Waals surface area contributed by atoms with E-state index in [9.17, 15) is 4.79 Å². The van der Waals surface area contributed by atoms with E-state index >= 15 is 0 Å². The average Bonchev–Trinajstić information content (AvgIpc) is 3.03. The highest BCUT2D eigenvalue weighted by atomic mass is 16.1. The number of Topliss-reactive ketones (excluding diaryl/α,β-unsaturated/α-hetero) is 1. The average molecular weight is 591 g/mol. The van der Waals surface area contributed by atoms with Gasteiger partial charge >= 0.3 is 0 Å². The van der Waals surface area contributed by atoms with Crippen molar-refractivity contribution in [3.8, 4) is 0 Å². The van der Waals surface area contributed by atoms with Crippen LogP contribution in [-0.4, -0.2) is 11.3 Å². The second-order valence-electron chi connectivity index (χ2n) is 12.3. The van der Waals surface area contributed by atoms with E-state index in [1.807, 2.05) is 0 Å². The van der Waals surface area contributed by atoms with Gasteiger partial charge in [0.15, 0.2) is 0 Å². The van der Waals surface area contributed by atoms with Crippen LogP contribution in [0.15, 0.2) is 84.9 Å². The van der Waals surface area contributed by atoms with Crippen molar-refractivity contribution in [3.63, 3.8) is 0 Å². The minimum absolute atomic E-state index is 0. The molecule has 0 saturated carbocycles. The number of carbonyl (C=O) groups excluding carboxylic acids is 1. The standard InChI is InChI=1S/C16H32O.2C13H10.H2O/c1-3-4-5-6-7-8-9-10-11-12-13-14-15-16(2)17;2*1-4-10-6-2-8-12-9-3-7-11(5-1)13(10)12;/h3-15H2,1-2H3;2*1-8H,9H2;1H2. The van der Waals surface area contributed by atoms with Crippen molar-refractivity contribution in [1.29, 1.82) is 0 Å².